The summed E-state index contributed by atoms with van der Waals surface area (Å²) in [5, 5.41) is 0. The number of rotatable bonds is 5. The van der Waals surface area contributed by atoms with E-state index in [1.54, 1.807) is 43.3 Å². The highest BCUT2D eigenvalue weighted by atomic mass is 79.9. The van der Waals surface area contributed by atoms with E-state index in [0.29, 0.717) is 16.8 Å². The zero-order valence-corrected chi connectivity index (χ0v) is 16.3. The van der Waals surface area contributed by atoms with Gasteiger partial charge in [0.1, 0.15) is 16.4 Å². The molecule has 26 heavy (non-hydrogen) atoms. The van der Waals surface area contributed by atoms with Crippen molar-refractivity contribution in [1.82, 2.24) is 0 Å². The number of nitrogens with two attached hydrogens (primary N) is 1. The molecule has 0 spiro atoms. The average molecular weight is 441 g/mol. The van der Waals surface area contributed by atoms with Crippen LogP contribution in [-0.4, -0.2) is 33.6 Å². The fraction of sp³-hybridized carbons (Fsp3) is 0.235. The quantitative estimate of drug-likeness (QED) is 0.768. The lowest BCUT2D eigenvalue weighted by Gasteiger charge is -2.34. The number of hydrogen-bond acceptors (Lipinski definition) is 5. The van der Waals surface area contributed by atoms with E-state index in [9.17, 15) is 13.2 Å². The molecule has 0 saturated heterocycles. The molecule has 2 aromatic carbocycles. The number of primary amides is 1. The molecule has 1 aliphatic rings. The lowest BCUT2D eigenvalue weighted by Crippen LogP contribution is -2.49. The van der Waals surface area contributed by atoms with Gasteiger partial charge in [0.15, 0.2) is 6.10 Å². The molecule has 1 unspecified atom stereocenters. The van der Waals surface area contributed by atoms with Crippen LogP contribution in [0.4, 0.5) is 5.69 Å². The van der Waals surface area contributed by atoms with Crippen LogP contribution in [0.2, 0.25) is 0 Å². The maximum absolute atomic E-state index is 13.4. The molecule has 0 aliphatic carbocycles. The second kappa shape index (κ2) is 7.16. The molecule has 0 aromatic heterocycles. The van der Waals surface area contributed by atoms with Crippen molar-refractivity contribution in [2.75, 3.05) is 17.5 Å². The highest BCUT2D eigenvalue weighted by molar-refractivity contribution is 9.10. The van der Waals surface area contributed by atoms with Gasteiger partial charge in [-0.15, -0.1) is 0 Å². The maximum Gasteiger partial charge on any atom is 0.268 e. The van der Waals surface area contributed by atoms with E-state index >= 15 is 0 Å². The van der Waals surface area contributed by atoms with Crippen molar-refractivity contribution in [2.45, 2.75) is 17.9 Å². The number of anilines is 1. The Morgan fingerprint density at radius 1 is 1.35 bits per heavy atom. The van der Waals surface area contributed by atoms with E-state index < -0.39 is 22.0 Å². The lowest BCUT2D eigenvalue weighted by molar-refractivity contribution is -0.124. The summed E-state index contributed by atoms with van der Waals surface area (Å²) in [6.07, 6.45) is -1.08. The van der Waals surface area contributed by atoms with Crippen molar-refractivity contribution >= 4 is 37.5 Å². The van der Waals surface area contributed by atoms with Crippen molar-refractivity contribution in [1.29, 1.82) is 0 Å². The Hall–Kier alpha value is -2.26. The molecule has 0 saturated carbocycles. The van der Waals surface area contributed by atoms with Gasteiger partial charge in [0.05, 0.1) is 18.8 Å². The summed E-state index contributed by atoms with van der Waals surface area (Å²) < 4.78 is 39.5. The fourth-order valence-corrected chi connectivity index (χ4v) is 4.80. The monoisotopic (exact) mass is 440 g/mol. The summed E-state index contributed by atoms with van der Waals surface area (Å²) in [6, 6.07) is 11.3. The molecule has 2 aromatic rings. The molecule has 1 amide bonds. The first-order valence-corrected chi connectivity index (χ1v) is 10.1. The van der Waals surface area contributed by atoms with Crippen molar-refractivity contribution in [3.8, 4) is 11.5 Å². The Morgan fingerprint density at radius 3 is 2.77 bits per heavy atom. The smallest absolute Gasteiger partial charge is 0.268 e. The molecule has 1 atom stereocenters. The minimum Gasteiger partial charge on any atom is -0.492 e. The number of ether oxygens (including phenoxy) is 2. The minimum atomic E-state index is -4.03. The van der Waals surface area contributed by atoms with Crippen LogP contribution in [0.15, 0.2) is 51.8 Å². The van der Waals surface area contributed by atoms with Gasteiger partial charge in [-0.1, -0.05) is 28.1 Å². The third kappa shape index (κ3) is 3.36. The molecular formula is C17H17BrN2O5S. The Kier molecular flexibility index (Phi) is 5.10. The standard InChI is InChI=1S/C17H17BrN2O5S/c1-2-24-14-8-7-11(18)9-16(14)26(22,23)20-10-15(17(19)21)25-13-6-4-3-5-12(13)20/h3-9,15H,2,10H2,1H3,(H2,19,21). The van der Waals surface area contributed by atoms with Crippen molar-refractivity contribution in [2.24, 2.45) is 5.73 Å². The number of halogens is 1. The van der Waals surface area contributed by atoms with E-state index in [1.807, 2.05) is 0 Å². The third-order valence-electron chi connectivity index (χ3n) is 3.83. The number of nitrogens with zero attached hydrogens (tertiary/aromatic N) is 1. The molecule has 0 bridgehead atoms. The molecular weight excluding hydrogens is 424 g/mol. The lowest BCUT2D eigenvalue weighted by atomic mass is 10.2. The van der Waals surface area contributed by atoms with Crippen LogP contribution in [-0.2, 0) is 14.8 Å². The van der Waals surface area contributed by atoms with E-state index in [0.717, 1.165) is 4.31 Å². The first kappa shape index (κ1) is 18.5. The highest BCUT2D eigenvalue weighted by Gasteiger charge is 2.38. The number of sulfonamides is 1. The van der Waals surface area contributed by atoms with Gasteiger partial charge in [0, 0.05) is 4.47 Å². The van der Waals surface area contributed by atoms with Gasteiger partial charge in [0.25, 0.3) is 15.9 Å². The zero-order valence-electron chi connectivity index (χ0n) is 13.9. The molecule has 2 N–H and O–H groups in total. The normalized spacial score (nSPS) is 16.5. The summed E-state index contributed by atoms with van der Waals surface area (Å²) in [5.41, 5.74) is 5.69. The number of hydrogen-bond donors (Lipinski definition) is 1. The van der Waals surface area contributed by atoms with Gasteiger partial charge in [-0.25, -0.2) is 8.42 Å². The van der Waals surface area contributed by atoms with Gasteiger partial charge in [-0.05, 0) is 37.3 Å². The first-order valence-electron chi connectivity index (χ1n) is 7.84. The molecule has 138 valence electrons. The summed E-state index contributed by atoms with van der Waals surface area (Å²) in [4.78, 5) is 11.6. The van der Waals surface area contributed by atoms with Crippen LogP contribution in [0.5, 0.6) is 11.5 Å². The minimum absolute atomic E-state index is 0.00588. The van der Waals surface area contributed by atoms with Gasteiger partial charge < -0.3 is 15.2 Å². The number of amides is 1. The van der Waals surface area contributed by atoms with Crippen LogP contribution >= 0.6 is 15.9 Å². The summed E-state index contributed by atoms with van der Waals surface area (Å²) in [7, 11) is -4.03. The molecule has 9 heteroatoms. The predicted octanol–water partition coefficient (Wildman–Crippen LogP) is 2.29. The second-order valence-corrected chi connectivity index (χ2v) is 8.28. The SMILES string of the molecule is CCOc1ccc(Br)cc1S(=O)(=O)N1CC(C(N)=O)Oc2ccccc21. The van der Waals surface area contributed by atoms with Crippen LogP contribution in [0, 0.1) is 0 Å². The number of benzene rings is 2. The Bertz CT molecular complexity index is 948. The number of carbonyl (C=O) groups is 1. The van der Waals surface area contributed by atoms with Crippen LogP contribution in [0.1, 0.15) is 6.92 Å². The van der Waals surface area contributed by atoms with Crippen LogP contribution in [0.25, 0.3) is 0 Å². The van der Waals surface area contributed by atoms with Crippen LogP contribution in [0.3, 0.4) is 0 Å². The van der Waals surface area contributed by atoms with Crippen molar-refractivity contribution < 1.29 is 22.7 Å². The fourth-order valence-electron chi connectivity index (χ4n) is 2.65. The maximum atomic E-state index is 13.4. The predicted molar refractivity (Wildman–Crippen MR) is 99.9 cm³/mol. The highest BCUT2D eigenvalue weighted by Crippen LogP contribution is 2.39. The Balaban J connectivity index is 2.15. The van der Waals surface area contributed by atoms with E-state index in [4.69, 9.17) is 15.2 Å². The molecule has 0 fully saturated rings. The van der Waals surface area contributed by atoms with Gasteiger partial charge in [0.2, 0.25) is 0 Å². The van der Waals surface area contributed by atoms with Gasteiger partial charge in [-0.3, -0.25) is 9.10 Å². The van der Waals surface area contributed by atoms with Gasteiger partial charge >= 0.3 is 0 Å². The number of para-hydroxylation sites is 2. The largest absolute Gasteiger partial charge is 0.492 e. The molecule has 1 aliphatic heterocycles. The molecule has 7 nitrogen and oxygen atoms in total. The van der Waals surface area contributed by atoms with Crippen LogP contribution < -0.4 is 19.5 Å². The topological polar surface area (TPSA) is 98.9 Å². The van der Waals surface area contributed by atoms with Gasteiger partial charge in [-0.2, -0.15) is 0 Å². The zero-order chi connectivity index (χ0) is 18.9. The van der Waals surface area contributed by atoms with E-state index in [1.165, 1.54) is 6.07 Å². The van der Waals surface area contributed by atoms with E-state index in [2.05, 4.69) is 15.9 Å². The Labute approximate surface area is 159 Å². The third-order valence-corrected chi connectivity index (χ3v) is 6.12. The average Bonchev–Trinajstić information content (AvgIpc) is 2.62. The van der Waals surface area contributed by atoms with E-state index in [-0.39, 0.29) is 22.9 Å². The summed E-state index contributed by atoms with van der Waals surface area (Å²) in [6.45, 7) is 1.87. The molecule has 3 rings (SSSR count). The summed E-state index contributed by atoms with van der Waals surface area (Å²) in [5.74, 6) is -0.228. The first-order chi connectivity index (χ1) is 12.3. The second-order valence-electron chi connectivity index (χ2n) is 5.54. The number of carbonyl (C=O) groups excluding carboxylic acids is 1. The molecule has 0 radical (unpaired) electrons. The van der Waals surface area contributed by atoms with Crippen molar-refractivity contribution in [3.05, 3.63) is 46.9 Å². The van der Waals surface area contributed by atoms with Crippen molar-refractivity contribution in [3.63, 3.8) is 0 Å². The summed E-state index contributed by atoms with van der Waals surface area (Å²) >= 11 is 3.29. The molecule has 1 heterocycles. The Morgan fingerprint density at radius 2 is 2.08 bits per heavy atom. The number of fused-ring (bicyclic) bond motifs is 1.